The van der Waals surface area contributed by atoms with Crippen molar-refractivity contribution < 1.29 is 9.47 Å². The molecule has 88 valence electrons. The van der Waals surface area contributed by atoms with Gasteiger partial charge in [-0.05, 0) is 31.2 Å². The second kappa shape index (κ2) is 4.62. The van der Waals surface area contributed by atoms with Crippen molar-refractivity contribution in [1.29, 1.82) is 0 Å². The lowest BCUT2D eigenvalue weighted by Crippen LogP contribution is -2.48. The second-order valence-electron chi connectivity index (χ2n) is 4.16. The molecule has 0 aliphatic carbocycles. The molecule has 1 aromatic rings. The summed E-state index contributed by atoms with van der Waals surface area (Å²) in [7, 11) is 1.67. The van der Waals surface area contributed by atoms with Gasteiger partial charge in [0.15, 0.2) is 0 Å². The summed E-state index contributed by atoms with van der Waals surface area (Å²) in [6, 6.07) is 5.69. The largest absolute Gasteiger partial charge is 0.496 e. The van der Waals surface area contributed by atoms with Crippen molar-refractivity contribution in [1.82, 2.24) is 0 Å². The number of halogens is 1. The predicted octanol–water partition coefficient (Wildman–Crippen LogP) is 1.97. The molecule has 4 heteroatoms. The topological polar surface area (TPSA) is 44.5 Å². The fraction of sp³-hybridized carbons (Fsp3) is 0.500. The Labute approximate surface area is 100 Å². The maximum absolute atomic E-state index is 6.03. The van der Waals surface area contributed by atoms with Gasteiger partial charge in [0.05, 0.1) is 20.3 Å². The molecule has 0 unspecified atom stereocenters. The lowest BCUT2D eigenvalue weighted by atomic mass is 9.75. The molecule has 1 heterocycles. The smallest absolute Gasteiger partial charge is 0.122 e. The van der Waals surface area contributed by atoms with Gasteiger partial charge in [-0.15, -0.1) is 0 Å². The summed E-state index contributed by atoms with van der Waals surface area (Å²) in [6.07, 6.45) is 0.893. The first-order chi connectivity index (χ1) is 7.72. The van der Waals surface area contributed by atoms with Crippen LogP contribution in [-0.4, -0.2) is 26.9 Å². The van der Waals surface area contributed by atoms with Crippen LogP contribution in [0.15, 0.2) is 18.2 Å². The van der Waals surface area contributed by atoms with Crippen molar-refractivity contribution in [3.8, 4) is 5.75 Å². The van der Waals surface area contributed by atoms with Gasteiger partial charge in [-0.3, -0.25) is 0 Å². The number of hydrogen-bond acceptors (Lipinski definition) is 3. The Bertz CT molecular complexity index is 377. The highest BCUT2D eigenvalue weighted by Gasteiger charge is 2.41. The minimum atomic E-state index is -0.00894. The van der Waals surface area contributed by atoms with Gasteiger partial charge in [-0.25, -0.2) is 0 Å². The quantitative estimate of drug-likeness (QED) is 0.877. The van der Waals surface area contributed by atoms with Crippen LogP contribution in [0.1, 0.15) is 12.0 Å². The molecule has 2 rings (SSSR count). The molecule has 16 heavy (non-hydrogen) atoms. The lowest BCUT2D eigenvalue weighted by Gasteiger charge is -2.42. The van der Waals surface area contributed by atoms with Crippen LogP contribution in [0.3, 0.4) is 0 Å². The van der Waals surface area contributed by atoms with Crippen LogP contribution < -0.4 is 10.5 Å². The Hall–Kier alpha value is -0.770. The molecular formula is C12H16ClNO2. The third-order valence-electron chi connectivity index (χ3n) is 3.11. The van der Waals surface area contributed by atoms with Gasteiger partial charge >= 0.3 is 0 Å². The molecule has 0 aromatic heterocycles. The first kappa shape index (κ1) is 11.7. The van der Waals surface area contributed by atoms with Gasteiger partial charge in [0.25, 0.3) is 0 Å². The Balaban J connectivity index is 2.40. The zero-order valence-corrected chi connectivity index (χ0v) is 10.1. The van der Waals surface area contributed by atoms with E-state index in [1.807, 2.05) is 18.2 Å². The molecule has 0 radical (unpaired) electrons. The van der Waals surface area contributed by atoms with E-state index in [2.05, 4.69) is 0 Å². The number of nitrogens with two attached hydrogens (primary N) is 1. The lowest BCUT2D eigenvalue weighted by molar-refractivity contribution is -0.0639. The summed E-state index contributed by atoms with van der Waals surface area (Å²) in [4.78, 5) is 0. The number of ether oxygens (including phenoxy) is 2. The molecule has 2 N–H and O–H groups in total. The summed E-state index contributed by atoms with van der Waals surface area (Å²) >= 11 is 6.03. The molecule has 0 bridgehead atoms. The van der Waals surface area contributed by atoms with Crippen molar-refractivity contribution in [3.63, 3.8) is 0 Å². The van der Waals surface area contributed by atoms with Gasteiger partial charge in [0.2, 0.25) is 0 Å². The van der Waals surface area contributed by atoms with E-state index in [0.717, 1.165) is 22.8 Å². The zero-order valence-electron chi connectivity index (χ0n) is 9.33. The van der Waals surface area contributed by atoms with E-state index in [9.17, 15) is 0 Å². The third kappa shape index (κ3) is 1.90. The normalized spacial score (nSPS) is 17.9. The molecule has 1 saturated heterocycles. The molecule has 1 aromatic carbocycles. The molecule has 3 nitrogen and oxygen atoms in total. The van der Waals surface area contributed by atoms with Crippen LogP contribution in [-0.2, 0) is 10.2 Å². The first-order valence-electron chi connectivity index (χ1n) is 5.34. The SMILES string of the molecule is COc1ccc(Cl)cc1C1(CCN)COC1. The van der Waals surface area contributed by atoms with E-state index in [1.54, 1.807) is 7.11 Å². The van der Waals surface area contributed by atoms with Crippen LogP contribution in [0, 0.1) is 0 Å². The standard InChI is InChI=1S/C12H16ClNO2/c1-15-11-3-2-9(13)6-10(11)12(4-5-14)7-16-8-12/h2-3,6H,4-5,7-8,14H2,1H3. The highest BCUT2D eigenvalue weighted by Crippen LogP contribution is 2.41. The summed E-state index contributed by atoms with van der Waals surface area (Å²) < 4.78 is 10.7. The van der Waals surface area contributed by atoms with E-state index < -0.39 is 0 Å². The predicted molar refractivity (Wildman–Crippen MR) is 64.2 cm³/mol. The highest BCUT2D eigenvalue weighted by molar-refractivity contribution is 6.30. The second-order valence-corrected chi connectivity index (χ2v) is 4.59. The van der Waals surface area contributed by atoms with E-state index in [1.165, 1.54) is 0 Å². The van der Waals surface area contributed by atoms with Crippen molar-refractivity contribution in [2.75, 3.05) is 26.9 Å². The van der Waals surface area contributed by atoms with Crippen LogP contribution in [0.4, 0.5) is 0 Å². The molecule has 1 aliphatic heterocycles. The Morgan fingerprint density at radius 1 is 1.50 bits per heavy atom. The summed E-state index contributed by atoms with van der Waals surface area (Å²) in [5.41, 5.74) is 6.76. The Morgan fingerprint density at radius 2 is 2.25 bits per heavy atom. The Morgan fingerprint density at radius 3 is 2.75 bits per heavy atom. The summed E-state index contributed by atoms with van der Waals surface area (Å²) in [5.74, 6) is 0.862. The van der Waals surface area contributed by atoms with Crippen molar-refractivity contribution in [2.45, 2.75) is 11.8 Å². The summed E-state index contributed by atoms with van der Waals surface area (Å²) in [6.45, 7) is 2.03. The maximum atomic E-state index is 6.03. The molecular weight excluding hydrogens is 226 g/mol. The number of methoxy groups -OCH3 is 1. The van der Waals surface area contributed by atoms with E-state index in [4.69, 9.17) is 26.8 Å². The van der Waals surface area contributed by atoms with Crippen LogP contribution >= 0.6 is 11.6 Å². The van der Waals surface area contributed by atoms with Crippen molar-refractivity contribution >= 4 is 11.6 Å². The van der Waals surface area contributed by atoms with E-state index in [0.29, 0.717) is 19.8 Å². The number of rotatable bonds is 4. The van der Waals surface area contributed by atoms with Gasteiger partial charge in [-0.1, -0.05) is 11.6 Å². The van der Waals surface area contributed by atoms with Crippen molar-refractivity contribution in [3.05, 3.63) is 28.8 Å². The fourth-order valence-electron chi connectivity index (χ4n) is 2.15. The third-order valence-corrected chi connectivity index (χ3v) is 3.35. The fourth-order valence-corrected chi connectivity index (χ4v) is 2.33. The number of benzene rings is 1. The zero-order chi connectivity index (χ0) is 11.6. The average molecular weight is 242 g/mol. The highest BCUT2D eigenvalue weighted by atomic mass is 35.5. The molecule has 1 fully saturated rings. The maximum Gasteiger partial charge on any atom is 0.122 e. The molecule has 0 spiro atoms. The van der Waals surface area contributed by atoms with Crippen LogP contribution in [0.2, 0.25) is 5.02 Å². The number of hydrogen-bond donors (Lipinski definition) is 1. The Kier molecular flexibility index (Phi) is 3.38. The van der Waals surface area contributed by atoms with Crippen LogP contribution in [0.5, 0.6) is 5.75 Å². The van der Waals surface area contributed by atoms with Crippen molar-refractivity contribution in [2.24, 2.45) is 5.73 Å². The van der Waals surface area contributed by atoms with Gasteiger partial charge in [-0.2, -0.15) is 0 Å². The van der Waals surface area contributed by atoms with Gasteiger partial charge in [0, 0.05) is 16.0 Å². The van der Waals surface area contributed by atoms with Gasteiger partial charge < -0.3 is 15.2 Å². The molecule has 0 atom stereocenters. The molecule has 0 amide bonds. The minimum absolute atomic E-state index is 0.00894. The van der Waals surface area contributed by atoms with E-state index >= 15 is 0 Å². The van der Waals surface area contributed by atoms with E-state index in [-0.39, 0.29) is 5.41 Å². The average Bonchev–Trinajstić information content (AvgIpc) is 2.23. The first-order valence-corrected chi connectivity index (χ1v) is 5.71. The van der Waals surface area contributed by atoms with Crippen LogP contribution in [0.25, 0.3) is 0 Å². The van der Waals surface area contributed by atoms with Gasteiger partial charge in [0.1, 0.15) is 5.75 Å². The molecule has 1 aliphatic rings. The molecule has 0 saturated carbocycles. The summed E-state index contributed by atoms with van der Waals surface area (Å²) in [5, 5.41) is 0.721. The minimum Gasteiger partial charge on any atom is -0.496 e. The monoisotopic (exact) mass is 241 g/mol.